The van der Waals surface area contributed by atoms with Gasteiger partial charge in [-0.15, -0.1) is 0 Å². The molecule has 0 heterocycles. The topological polar surface area (TPSA) is 150 Å². The molecule has 0 aliphatic heterocycles. The zero-order valence-electron chi connectivity index (χ0n) is 20.5. The van der Waals surface area contributed by atoms with E-state index in [9.17, 15) is 22.8 Å². The van der Waals surface area contributed by atoms with Crippen molar-refractivity contribution in [1.29, 1.82) is 0 Å². The molecule has 0 aromatic carbocycles. The van der Waals surface area contributed by atoms with Gasteiger partial charge in [-0.3, -0.25) is 18.9 Å². The second kappa shape index (κ2) is 26.8. The average Bonchev–Trinajstić information content (AvgIpc) is 2.77. The molecule has 12 heteroatoms. The van der Waals surface area contributed by atoms with Crippen LogP contribution in [0.15, 0.2) is 12.2 Å². The summed E-state index contributed by atoms with van der Waals surface area (Å²) in [4.78, 5) is 35.2. The Balaban J connectivity index is -0.00000544. The van der Waals surface area contributed by atoms with Gasteiger partial charge >= 0.3 is 77.0 Å². The molecule has 0 aliphatic rings. The fraction of sp³-hybridized carbons (Fsp3) is 0.792. The molecule has 1 unspecified atom stereocenters. The molecule has 0 rings (SSSR count). The number of hydrogen-bond donors (Lipinski definition) is 2. The molecule has 202 valence electrons. The van der Waals surface area contributed by atoms with Crippen LogP contribution in [0.3, 0.4) is 0 Å². The van der Waals surface area contributed by atoms with Gasteiger partial charge in [-0.25, -0.2) is 0 Å². The van der Waals surface area contributed by atoms with E-state index in [4.69, 9.17) is 10.3 Å². The number of ether oxygens (including phenoxy) is 2. The van der Waals surface area contributed by atoms with Gasteiger partial charge in [-0.2, -0.15) is 8.42 Å². The van der Waals surface area contributed by atoms with E-state index in [-0.39, 0.29) is 78.7 Å². The van der Waals surface area contributed by atoms with Crippen molar-refractivity contribution < 1.29 is 36.8 Å². The van der Waals surface area contributed by atoms with Crippen LogP contribution in [0.4, 0.5) is 0 Å². The summed E-state index contributed by atoms with van der Waals surface area (Å²) in [6.45, 7) is 1.90. The molecule has 0 saturated heterocycles. The van der Waals surface area contributed by atoms with Crippen LogP contribution < -0.4 is 5.73 Å². The molecule has 9 nitrogen and oxygen atoms in total. The van der Waals surface area contributed by atoms with Crippen LogP contribution in [0.5, 0.6) is 0 Å². The first-order chi connectivity index (χ1) is 16.2. The zero-order valence-corrected chi connectivity index (χ0v) is 21.4. The van der Waals surface area contributed by atoms with Crippen LogP contribution in [0, 0.1) is 0 Å². The molecule has 36 heavy (non-hydrogen) atoms. The first kappa shape index (κ1) is 40.7. The number of esters is 3. The summed E-state index contributed by atoms with van der Waals surface area (Å²) in [5, 5.41) is -2.15. The first-order valence-electron chi connectivity index (χ1n) is 12.4. The molecule has 0 bridgehead atoms. The number of unbranched alkanes of at least 4 members (excludes halogenated alkanes) is 11. The molecule has 0 saturated carbocycles. The van der Waals surface area contributed by atoms with Crippen LogP contribution >= 0.6 is 0 Å². The fourth-order valence-corrected chi connectivity index (χ4v) is 3.93. The van der Waals surface area contributed by atoms with Crippen molar-refractivity contribution in [3.8, 4) is 0 Å². The van der Waals surface area contributed by atoms with E-state index >= 15 is 0 Å². The van der Waals surface area contributed by atoms with E-state index in [1.165, 1.54) is 38.5 Å². The van der Waals surface area contributed by atoms with Crippen molar-refractivity contribution in [1.82, 2.24) is 0 Å². The van der Waals surface area contributed by atoms with Crippen molar-refractivity contribution in [2.24, 2.45) is 5.73 Å². The van der Waals surface area contributed by atoms with Gasteiger partial charge in [0.2, 0.25) is 0 Å². The Bertz CT molecular complexity index is 717. The van der Waals surface area contributed by atoms with Crippen LogP contribution in [-0.2, 0) is 34.0 Å². The van der Waals surface area contributed by atoms with Gasteiger partial charge in [0.25, 0.3) is 10.1 Å². The van der Waals surface area contributed by atoms with Gasteiger partial charge in [-0.05, 0) is 32.1 Å². The maximum absolute atomic E-state index is 11.8. The normalized spacial score (nSPS) is 11.9. The summed E-state index contributed by atoms with van der Waals surface area (Å²) in [5.41, 5.74) is 5.15. The summed E-state index contributed by atoms with van der Waals surface area (Å²) in [6, 6.07) is 0. The van der Waals surface area contributed by atoms with Crippen LogP contribution in [0.25, 0.3) is 0 Å². The second-order valence-electron chi connectivity index (χ2n) is 8.34. The van der Waals surface area contributed by atoms with Crippen LogP contribution in [0.1, 0.15) is 103 Å². The number of nitrogens with two attached hydrogens (primary N) is 1. The number of hydrogen-bond acceptors (Lipinski definition) is 8. The number of allylic oxidation sites excluding steroid dienone is 2. The molecule has 0 amide bonds. The monoisotopic (exact) mass is 553 g/mol. The van der Waals surface area contributed by atoms with Crippen LogP contribution in [-0.4, -0.2) is 108 Å². The SMILES string of the molecule is CCCCCCCC/C=C\CCCCCCCC(=O)OC(=O)CC(C(=O)OCCN)S(=O)(=O)O.[NaH].[NaH]. The Morgan fingerprint density at radius 3 is 1.83 bits per heavy atom. The third kappa shape index (κ3) is 24.6. The quantitative estimate of drug-likeness (QED) is 0.0546. The Labute approximate surface area is 261 Å². The molecule has 0 aliphatic carbocycles. The van der Waals surface area contributed by atoms with Gasteiger partial charge in [0, 0.05) is 13.0 Å². The molecule has 0 aromatic rings. The molecule has 3 N–H and O–H groups in total. The Morgan fingerprint density at radius 1 is 0.833 bits per heavy atom. The molecular weight excluding hydrogens is 508 g/mol. The Kier molecular flexibility index (Phi) is 30.3. The third-order valence-electron chi connectivity index (χ3n) is 5.21. The maximum atomic E-state index is 11.8. The van der Waals surface area contributed by atoms with Gasteiger partial charge in [0.15, 0.2) is 5.25 Å². The van der Waals surface area contributed by atoms with Crippen molar-refractivity contribution >= 4 is 87.1 Å². The Morgan fingerprint density at radius 2 is 1.33 bits per heavy atom. The van der Waals surface area contributed by atoms with Gasteiger partial charge in [0.1, 0.15) is 6.61 Å². The van der Waals surface area contributed by atoms with E-state index in [1.54, 1.807) is 0 Å². The van der Waals surface area contributed by atoms with Crippen LogP contribution in [0.2, 0.25) is 0 Å². The van der Waals surface area contributed by atoms with E-state index in [2.05, 4.69) is 28.5 Å². The number of rotatable bonds is 21. The fourth-order valence-electron chi connectivity index (χ4n) is 3.27. The summed E-state index contributed by atoms with van der Waals surface area (Å²) >= 11 is 0. The third-order valence-corrected chi connectivity index (χ3v) is 6.29. The first-order valence-corrected chi connectivity index (χ1v) is 13.9. The molecule has 0 aromatic heterocycles. The minimum atomic E-state index is -4.90. The van der Waals surface area contributed by atoms with Gasteiger partial charge < -0.3 is 15.2 Å². The molecule has 0 fully saturated rings. The molecule has 0 radical (unpaired) electrons. The predicted octanol–water partition coefficient (Wildman–Crippen LogP) is 2.95. The number of carbonyl (C=O) groups excluding carboxylic acids is 3. The molecule has 1 atom stereocenters. The molecular formula is C24H45NNa2O8S. The van der Waals surface area contributed by atoms with Crippen molar-refractivity contribution in [3.05, 3.63) is 12.2 Å². The standard InChI is InChI=1S/C24H43NO8S.2Na.2H/c1-2-3-4-5-6-7-8-9-10-11-12-13-14-15-16-17-22(26)33-23(27)20-21(34(29,30)31)24(28)32-19-18-25;;;;/h9-10,21H,2-8,11-20,25H2,1H3,(H,29,30,31);;;;/b10-9-;;;;. The van der Waals surface area contributed by atoms with E-state index in [0.29, 0.717) is 6.42 Å². The van der Waals surface area contributed by atoms with E-state index in [1.807, 2.05) is 0 Å². The summed E-state index contributed by atoms with van der Waals surface area (Å²) in [6.07, 6.45) is 18.0. The van der Waals surface area contributed by atoms with Crippen molar-refractivity contribution in [3.63, 3.8) is 0 Å². The van der Waals surface area contributed by atoms with E-state index < -0.39 is 39.7 Å². The van der Waals surface area contributed by atoms with Crippen molar-refractivity contribution in [2.75, 3.05) is 13.2 Å². The summed E-state index contributed by atoms with van der Waals surface area (Å²) < 4.78 is 40.9. The zero-order chi connectivity index (χ0) is 25.7. The summed E-state index contributed by atoms with van der Waals surface area (Å²) in [7, 11) is -4.90. The van der Waals surface area contributed by atoms with Gasteiger partial charge in [-0.1, -0.05) is 70.4 Å². The van der Waals surface area contributed by atoms with Gasteiger partial charge in [0.05, 0.1) is 6.42 Å². The van der Waals surface area contributed by atoms with Crippen molar-refractivity contribution in [2.45, 2.75) is 108 Å². The second-order valence-corrected chi connectivity index (χ2v) is 9.94. The predicted molar refractivity (Wildman–Crippen MR) is 145 cm³/mol. The number of carbonyl (C=O) groups is 3. The summed E-state index contributed by atoms with van der Waals surface area (Å²) in [5.74, 6) is -3.34. The average molecular weight is 554 g/mol. The Hall–Kier alpha value is 0.220. The van der Waals surface area contributed by atoms with E-state index in [0.717, 1.165) is 38.5 Å². The minimum absolute atomic E-state index is 0. The molecule has 0 spiro atoms.